The van der Waals surface area contributed by atoms with Crippen molar-refractivity contribution in [3.8, 4) is 5.75 Å². The number of anilines is 1. The second-order valence-corrected chi connectivity index (χ2v) is 4.58. The summed E-state index contributed by atoms with van der Waals surface area (Å²) in [5, 5.41) is 0. The quantitative estimate of drug-likeness (QED) is 0.883. The minimum absolute atomic E-state index is 0.507. The molecule has 0 aliphatic heterocycles. The number of hydrogen-bond donors (Lipinski definition) is 1. The van der Waals surface area contributed by atoms with Gasteiger partial charge in [0, 0.05) is 9.77 Å². The van der Waals surface area contributed by atoms with Crippen LogP contribution in [0.25, 0.3) is 0 Å². The zero-order chi connectivity index (χ0) is 11.4. The molecule has 0 atom stereocenters. The van der Waals surface area contributed by atoms with Gasteiger partial charge in [0.1, 0.15) is 18.2 Å². The van der Waals surface area contributed by atoms with Crippen LogP contribution in [0.3, 0.4) is 0 Å². The molecule has 1 aromatic carbocycles. The second kappa shape index (κ2) is 5.16. The predicted octanol–water partition coefficient (Wildman–Crippen LogP) is 2.85. The highest BCUT2D eigenvalue weighted by atomic mass is 127. The van der Waals surface area contributed by atoms with Crippen LogP contribution < -0.4 is 10.5 Å². The Kier molecular flexibility index (Phi) is 3.61. The van der Waals surface area contributed by atoms with Gasteiger partial charge in [-0.2, -0.15) is 0 Å². The Morgan fingerprint density at radius 1 is 1.25 bits per heavy atom. The van der Waals surface area contributed by atoms with E-state index < -0.39 is 0 Å². The van der Waals surface area contributed by atoms with Crippen LogP contribution in [-0.4, -0.2) is 4.98 Å². The summed E-state index contributed by atoms with van der Waals surface area (Å²) >= 11 is 2.26. The third-order valence-corrected chi connectivity index (χ3v) is 2.72. The average Bonchev–Trinajstić information content (AvgIpc) is 2.27. The fraction of sp³-hybridized carbons (Fsp3) is 0.0833. The van der Waals surface area contributed by atoms with E-state index in [-0.39, 0.29) is 0 Å². The van der Waals surface area contributed by atoms with Crippen molar-refractivity contribution in [1.29, 1.82) is 0 Å². The molecule has 0 fully saturated rings. The number of benzene rings is 1. The first-order valence-electron chi connectivity index (χ1n) is 4.83. The number of aromatic nitrogens is 1. The van der Waals surface area contributed by atoms with E-state index in [1.807, 2.05) is 36.4 Å². The number of halogens is 1. The molecule has 0 aliphatic carbocycles. The van der Waals surface area contributed by atoms with Crippen LogP contribution in [0.5, 0.6) is 5.75 Å². The second-order valence-electron chi connectivity index (χ2n) is 3.34. The van der Waals surface area contributed by atoms with Crippen LogP contribution in [0.1, 0.15) is 5.56 Å². The first kappa shape index (κ1) is 11.2. The maximum atomic E-state index is 5.64. The van der Waals surface area contributed by atoms with Crippen LogP contribution in [0.4, 0.5) is 5.82 Å². The van der Waals surface area contributed by atoms with Crippen LogP contribution in [-0.2, 0) is 6.61 Å². The molecule has 3 nitrogen and oxygen atoms in total. The lowest BCUT2D eigenvalue weighted by Crippen LogP contribution is -1.98. The number of nitrogens with zero attached hydrogens (tertiary/aromatic N) is 1. The third-order valence-electron chi connectivity index (χ3n) is 2.05. The minimum Gasteiger partial charge on any atom is -0.489 e. The summed E-state index contributed by atoms with van der Waals surface area (Å²) < 4.78 is 6.80. The number of hydrogen-bond acceptors (Lipinski definition) is 3. The molecular weight excluding hydrogens is 315 g/mol. The van der Waals surface area contributed by atoms with E-state index >= 15 is 0 Å². The number of rotatable bonds is 3. The first-order chi connectivity index (χ1) is 7.74. The van der Waals surface area contributed by atoms with Gasteiger partial charge in [0.05, 0.1) is 0 Å². The lowest BCUT2D eigenvalue weighted by molar-refractivity contribution is 0.306. The molecule has 0 radical (unpaired) electrons. The molecule has 82 valence electrons. The number of nitrogens with two attached hydrogens (primary N) is 1. The fourth-order valence-electron chi connectivity index (χ4n) is 1.31. The highest BCUT2D eigenvalue weighted by Gasteiger charge is 1.97. The van der Waals surface area contributed by atoms with Crippen molar-refractivity contribution in [2.24, 2.45) is 0 Å². The normalized spacial score (nSPS) is 10.1. The molecule has 0 saturated carbocycles. The minimum atomic E-state index is 0.507. The molecule has 0 amide bonds. The number of pyridine rings is 1. The first-order valence-corrected chi connectivity index (χ1v) is 5.91. The molecule has 16 heavy (non-hydrogen) atoms. The number of ether oxygens (including phenoxy) is 1. The summed E-state index contributed by atoms with van der Waals surface area (Å²) in [7, 11) is 0. The summed E-state index contributed by atoms with van der Waals surface area (Å²) in [6.07, 6.45) is 1.68. The summed E-state index contributed by atoms with van der Waals surface area (Å²) in [6, 6.07) is 11.6. The van der Waals surface area contributed by atoms with Gasteiger partial charge in [-0.15, -0.1) is 0 Å². The van der Waals surface area contributed by atoms with Crippen molar-refractivity contribution in [3.63, 3.8) is 0 Å². The van der Waals surface area contributed by atoms with E-state index in [2.05, 4.69) is 27.6 Å². The maximum absolute atomic E-state index is 5.64. The fourth-order valence-corrected chi connectivity index (χ4v) is 1.82. The summed E-state index contributed by atoms with van der Waals surface area (Å²) in [6.45, 7) is 0.507. The van der Waals surface area contributed by atoms with Gasteiger partial charge in [-0.1, -0.05) is 6.07 Å². The molecule has 0 bridgehead atoms. The largest absolute Gasteiger partial charge is 0.489 e. The van der Waals surface area contributed by atoms with E-state index in [1.54, 1.807) is 6.20 Å². The standard InChI is InChI=1S/C12H11IN2O/c13-10-2-1-3-11(7-10)16-8-9-4-5-15-12(14)6-9/h1-7H,8H2,(H2,14,15). The molecule has 0 unspecified atom stereocenters. The molecule has 4 heteroatoms. The lowest BCUT2D eigenvalue weighted by Gasteiger charge is -2.06. The third kappa shape index (κ3) is 3.10. The van der Waals surface area contributed by atoms with E-state index in [9.17, 15) is 0 Å². The van der Waals surface area contributed by atoms with E-state index in [1.165, 1.54) is 0 Å². The van der Waals surface area contributed by atoms with Gasteiger partial charge >= 0.3 is 0 Å². The lowest BCUT2D eigenvalue weighted by atomic mass is 10.3. The molecule has 2 rings (SSSR count). The Balaban J connectivity index is 2.02. The van der Waals surface area contributed by atoms with Crippen molar-refractivity contribution in [2.75, 3.05) is 5.73 Å². The van der Waals surface area contributed by atoms with Crippen LogP contribution >= 0.6 is 22.6 Å². The van der Waals surface area contributed by atoms with Crippen molar-refractivity contribution >= 4 is 28.4 Å². The smallest absolute Gasteiger partial charge is 0.123 e. The van der Waals surface area contributed by atoms with Crippen molar-refractivity contribution < 1.29 is 4.74 Å². The van der Waals surface area contributed by atoms with Crippen molar-refractivity contribution in [1.82, 2.24) is 4.98 Å². The van der Waals surface area contributed by atoms with Gasteiger partial charge in [-0.3, -0.25) is 0 Å². The maximum Gasteiger partial charge on any atom is 0.123 e. The van der Waals surface area contributed by atoms with E-state index in [4.69, 9.17) is 10.5 Å². The summed E-state index contributed by atoms with van der Waals surface area (Å²) in [4.78, 5) is 3.93. The van der Waals surface area contributed by atoms with Crippen LogP contribution in [0, 0.1) is 3.57 Å². The van der Waals surface area contributed by atoms with E-state index in [0.717, 1.165) is 14.9 Å². The predicted molar refractivity (Wildman–Crippen MR) is 72.1 cm³/mol. The zero-order valence-corrected chi connectivity index (χ0v) is 10.7. The molecule has 1 heterocycles. The Morgan fingerprint density at radius 3 is 2.88 bits per heavy atom. The van der Waals surface area contributed by atoms with Crippen molar-refractivity contribution in [2.45, 2.75) is 6.61 Å². The molecule has 2 aromatic rings. The summed E-state index contributed by atoms with van der Waals surface area (Å²) in [5.74, 6) is 1.38. The van der Waals surface area contributed by atoms with Gasteiger partial charge in [0.2, 0.25) is 0 Å². The summed E-state index contributed by atoms with van der Waals surface area (Å²) in [5.41, 5.74) is 6.60. The molecule has 0 saturated heterocycles. The van der Waals surface area contributed by atoms with Gasteiger partial charge in [-0.05, 0) is 58.5 Å². The van der Waals surface area contributed by atoms with Crippen LogP contribution in [0.2, 0.25) is 0 Å². The Hall–Kier alpha value is -1.30. The molecule has 0 spiro atoms. The Bertz CT molecular complexity index is 442. The average molecular weight is 326 g/mol. The monoisotopic (exact) mass is 326 g/mol. The highest BCUT2D eigenvalue weighted by Crippen LogP contribution is 2.16. The zero-order valence-electron chi connectivity index (χ0n) is 8.56. The van der Waals surface area contributed by atoms with Crippen molar-refractivity contribution in [3.05, 3.63) is 51.7 Å². The molecule has 1 aromatic heterocycles. The van der Waals surface area contributed by atoms with E-state index in [0.29, 0.717) is 12.4 Å². The Labute approximate surface area is 108 Å². The van der Waals surface area contributed by atoms with Gasteiger partial charge in [0.15, 0.2) is 0 Å². The SMILES string of the molecule is Nc1cc(COc2cccc(I)c2)ccn1. The van der Waals surface area contributed by atoms with Gasteiger partial charge in [-0.25, -0.2) is 4.98 Å². The van der Waals surface area contributed by atoms with Gasteiger partial charge in [0.25, 0.3) is 0 Å². The van der Waals surface area contributed by atoms with Crippen LogP contribution in [0.15, 0.2) is 42.6 Å². The highest BCUT2D eigenvalue weighted by molar-refractivity contribution is 14.1. The number of nitrogen functional groups attached to an aromatic ring is 1. The molecule has 0 aliphatic rings. The topological polar surface area (TPSA) is 48.1 Å². The van der Waals surface area contributed by atoms with Gasteiger partial charge < -0.3 is 10.5 Å². The molecular formula is C12H11IN2O. The Morgan fingerprint density at radius 2 is 2.12 bits per heavy atom. The molecule has 2 N–H and O–H groups in total.